The van der Waals surface area contributed by atoms with Crippen LogP contribution in [0.5, 0.6) is 0 Å². The number of ether oxygens (including phenoxy) is 2. The van der Waals surface area contributed by atoms with E-state index in [-0.39, 0.29) is 6.29 Å². The van der Waals surface area contributed by atoms with E-state index < -0.39 is 0 Å². The molecule has 0 spiro atoms. The van der Waals surface area contributed by atoms with E-state index in [1.54, 1.807) is 6.07 Å². The van der Waals surface area contributed by atoms with Crippen molar-refractivity contribution in [3.8, 4) is 11.3 Å². The molecule has 105 valence electrons. The molecule has 1 saturated heterocycles. The minimum Gasteiger partial charge on any atom is -0.355 e. The Kier molecular flexibility index (Phi) is 4.35. The van der Waals surface area contributed by atoms with Crippen LogP contribution in [-0.4, -0.2) is 18.1 Å². The predicted molar refractivity (Wildman–Crippen MR) is 74.2 cm³/mol. The van der Waals surface area contributed by atoms with Gasteiger partial charge in [-0.25, -0.2) is 0 Å². The van der Waals surface area contributed by atoms with Crippen LogP contribution in [0.25, 0.3) is 11.3 Å². The molecular formula is C15H15ClNO3. The van der Waals surface area contributed by atoms with E-state index in [2.05, 4.69) is 11.2 Å². The second-order valence-electron chi connectivity index (χ2n) is 4.67. The van der Waals surface area contributed by atoms with Crippen LogP contribution in [0.3, 0.4) is 0 Å². The average molecular weight is 293 g/mol. The summed E-state index contributed by atoms with van der Waals surface area (Å²) in [6.07, 6.45) is 3.03. The number of hydrogen-bond donors (Lipinski definition) is 0. The first-order chi connectivity index (χ1) is 9.83. The van der Waals surface area contributed by atoms with E-state index >= 15 is 0 Å². The average Bonchev–Trinajstić information content (AvgIpc) is 2.95. The van der Waals surface area contributed by atoms with E-state index in [0.717, 1.165) is 31.4 Å². The maximum atomic E-state index is 6.11. The fourth-order valence-electron chi connectivity index (χ4n) is 2.12. The van der Waals surface area contributed by atoms with Crippen LogP contribution >= 0.6 is 11.6 Å². The molecule has 1 aromatic heterocycles. The molecule has 0 amide bonds. The summed E-state index contributed by atoms with van der Waals surface area (Å²) in [5.41, 5.74) is 1.40. The van der Waals surface area contributed by atoms with Crippen LogP contribution in [0.4, 0.5) is 0 Å². The summed E-state index contributed by atoms with van der Waals surface area (Å²) in [5.74, 6) is 0.527. The summed E-state index contributed by atoms with van der Waals surface area (Å²) >= 11 is 6.11. The van der Waals surface area contributed by atoms with Crippen molar-refractivity contribution in [3.05, 3.63) is 41.0 Å². The Balaban J connectivity index is 1.63. The van der Waals surface area contributed by atoms with Crippen LogP contribution in [0, 0.1) is 6.07 Å². The number of benzene rings is 1. The van der Waals surface area contributed by atoms with Gasteiger partial charge in [0.1, 0.15) is 5.69 Å². The molecule has 3 rings (SSSR count). The molecule has 1 unspecified atom stereocenters. The topological polar surface area (TPSA) is 44.5 Å². The van der Waals surface area contributed by atoms with Crippen molar-refractivity contribution in [1.29, 1.82) is 0 Å². The second-order valence-corrected chi connectivity index (χ2v) is 5.08. The lowest BCUT2D eigenvalue weighted by atomic mass is 10.1. The molecule has 4 nitrogen and oxygen atoms in total. The molecule has 2 aromatic rings. The molecule has 0 aliphatic carbocycles. The lowest BCUT2D eigenvalue weighted by Crippen LogP contribution is -2.22. The number of rotatable bonds is 4. The van der Waals surface area contributed by atoms with Gasteiger partial charge >= 0.3 is 0 Å². The molecule has 5 heteroatoms. The molecule has 1 radical (unpaired) electrons. The number of nitrogens with zero attached hydrogens (tertiary/aromatic N) is 1. The van der Waals surface area contributed by atoms with Crippen molar-refractivity contribution >= 4 is 11.6 Å². The summed E-state index contributed by atoms with van der Waals surface area (Å²) in [5, 5.41) is 4.56. The Labute approximate surface area is 122 Å². The largest absolute Gasteiger partial charge is 0.355 e. The van der Waals surface area contributed by atoms with Crippen LogP contribution in [-0.2, 0) is 16.1 Å². The van der Waals surface area contributed by atoms with Gasteiger partial charge in [-0.05, 0) is 31.4 Å². The van der Waals surface area contributed by atoms with Crippen molar-refractivity contribution in [3.63, 3.8) is 0 Å². The molecule has 1 fully saturated rings. The first-order valence-corrected chi connectivity index (χ1v) is 7.07. The number of aromatic nitrogens is 1. The highest BCUT2D eigenvalue weighted by atomic mass is 35.5. The van der Waals surface area contributed by atoms with Crippen molar-refractivity contribution in [1.82, 2.24) is 5.16 Å². The molecule has 1 aliphatic heterocycles. The predicted octanol–water partition coefficient (Wildman–Crippen LogP) is 3.84. The summed E-state index contributed by atoms with van der Waals surface area (Å²) in [6.45, 7) is 1.09. The van der Waals surface area contributed by atoms with E-state index in [0.29, 0.717) is 23.1 Å². The first kappa shape index (κ1) is 13.6. The standard InChI is InChI=1S/C15H15ClNO3/c16-13-6-2-1-5-12(13)14-9-11(17-20-14)10-19-15-7-3-4-8-18-15/h1-2,5-6,15H,3-4,7-8,10H2. The van der Waals surface area contributed by atoms with Gasteiger partial charge in [-0.2, -0.15) is 0 Å². The molecule has 0 N–H and O–H groups in total. The fourth-order valence-corrected chi connectivity index (χ4v) is 2.34. The second kappa shape index (κ2) is 6.39. The third-order valence-electron chi connectivity index (χ3n) is 3.17. The van der Waals surface area contributed by atoms with Crippen molar-refractivity contribution < 1.29 is 14.0 Å². The van der Waals surface area contributed by atoms with Gasteiger partial charge < -0.3 is 14.0 Å². The van der Waals surface area contributed by atoms with Gasteiger partial charge in [0.2, 0.25) is 0 Å². The Morgan fingerprint density at radius 2 is 2.25 bits per heavy atom. The molecule has 0 bridgehead atoms. The molecule has 1 atom stereocenters. The molecule has 1 aromatic carbocycles. The van der Waals surface area contributed by atoms with Crippen LogP contribution in [0.2, 0.25) is 5.02 Å². The van der Waals surface area contributed by atoms with Crippen LogP contribution < -0.4 is 0 Å². The summed E-state index contributed by atoms with van der Waals surface area (Å²) in [7, 11) is 0. The van der Waals surface area contributed by atoms with E-state index in [1.165, 1.54) is 0 Å². The SMILES string of the molecule is Clc1ccccc1-c1[c]c(COC2CCCCO2)no1. The minimum absolute atomic E-state index is 0.141. The molecule has 1 aliphatic rings. The smallest absolute Gasteiger partial charge is 0.176 e. The zero-order valence-corrected chi connectivity index (χ0v) is 11.7. The van der Waals surface area contributed by atoms with Crippen molar-refractivity contribution in [2.75, 3.05) is 6.61 Å². The van der Waals surface area contributed by atoms with Gasteiger partial charge in [-0.1, -0.05) is 28.9 Å². The van der Waals surface area contributed by atoms with Crippen molar-refractivity contribution in [2.24, 2.45) is 0 Å². The third-order valence-corrected chi connectivity index (χ3v) is 3.50. The fraction of sp³-hybridized carbons (Fsp3) is 0.400. The maximum Gasteiger partial charge on any atom is 0.176 e. The highest BCUT2D eigenvalue weighted by molar-refractivity contribution is 6.33. The Bertz CT molecular complexity index is 564. The third kappa shape index (κ3) is 3.20. The quantitative estimate of drug-likeness (QED) is 0.859. The highest BCUT2D eigenvalue weighted by Gasteiger charge is 2.16. The summed E-state index contributed by atoms with van der Waals surface area (Å²) in [4.78, 5) is 0. The zero-order chi connectivity index (χ0) is 13.8. The van der Waals surface area contributed by atoms with Crippen molar-refractivity contribution in [2.45, 2.75) is 32.2 Å². The molecule has 20 heavy (non-hydrogen) atoms. The highest BCUT2D eigenvalue weighted by Crippen LogP contribution is 2.27. The minimum atomic E-state index is -0.141. The zero-order valence-electron chi connectivity index (χ0n) is 11.0. The van der Waals surface area contributed by atoms with Gasteiger partial charge in [-0.15, -0.1) is 0 Å². The number of hydrogen-bond acceptors (Lipinski definition) is 4. The number of halogens is 1. The monoisotopic (exact) mass is 292 g/mol. The molecular weight excluding hydrogens is 278 g/mol. The Morgan fingerprint density at radius 1 is 1.35 bits per heavy atom. The van der Waals surface area contributed by atoms with Gasteiger partial charge in [0.25, 0.3) is 0 Å². The van der Waals surface area contributed by atoms with Crippen LogP contribution in [0.1, 0.15) is 25.0 Å². The summed E-state index contributed by atoms with van der Waals surface area (Å²) in [6, 6.07) is 10.5. The molecule has 0 saturated carbocycles. The van der Waals surface area contributed by atoms with E-state index in [9.17, 15) is 0 Å². The lowest BCUT2D eigenvalue weighted by Gasteiger charge is -2.21. The van der Waals surface area contributed by atoms with E-state index in [1.807, 2.05) is 18.2 Å². The molecule has 2 heterocycles. The van der Waals surface area contributed by atoms with Gasteiger partial charge in [0, 0.05) is 12.2 Å². The normalized spacial score (nSPS) is 19.1. The van der Waals surface area contributed by atoms with E-state index in [4.69, 9.17) is 25.6 Å². The van der Waals surface area contributed by atoms with Gasteiger partial charge in [0.05, 0.1) is 17.7 Å². The van der Waals surface area contributed by atoms with Crippen LogP contribution in [0.15, 0.2) is 28.8 Å². The van der Waals surface area contributed by atoms with Gasteiger partial charge in [-0.3, -0.25) is 0 Å². The lowest BCUT2D eigenvalue weighted by molar-refractivity contribution is -0.169. The first-order valence-electron chi connectivity index (χ1n) is 6.69. The maximum absolute atomic E-state index is 6.11. The van der Waals surface area contributed by atoms with Gasteiger partial charge in [0.15, 0.2) is 12.1 Å². The summed E-state index contributed by atoms with van der Waals surface area (Å²) < 4.78 is 16.4. The Hall–Kier alpha value is -1.36. The Morgan fingerprint density at radius 3 is 3.05 bits per heavy atom.